The molecule has 14 heavy (non-hydrogen) atoms. The Hall–Kier alpha value is -0.480. The summed E-state index contributed by atoms with van der Waals surface area (Å²) < 4.78 is 0. The highest BCUT2D eigenvalue weighted by Crippen LogP contribution is 2.12. The third-order valence-electron chi connectivity index (χ3n) is 2.74. The van der Waals surface area contributed by atoms with Gasteiger partial charge in [0.2, 0.25) is 0 Å². The third-order valence-corrected chi connectivity index (χ3v) is 2.74. The summed E-state index contributed by atoms with van der Waals surface area (Å²) >= 11 is 0. The predicted molar refractivity (Wildman–Crippen MR) is 64.2 cm³/mol. The Balaban J connectivity index is 3.87. The maximum atomic E-state index is 3.61. The van der Waals surface area contributed by atoms with E-state index in [0.29, 0.717) is 6.04 Å². The molecule has 1 nitrogen and oxygen atoms in total. The monoisotopic (exact) mass is 195 g/mol. The lowest BCUT2D eigenvalue weighted by molar-refractivity contribution is 0.351. The first-order valence-electron chi connectivity index (χ1n) is 5.89. The van der Waals surface area contributed by atoms with Crippen molar-refractivity contribution >= 4 is 0 Å². The van der Waals surface area contributed by atoms with Gasteiger partial charge in [-0.3, -0.25) is 0 Å². The van der Waals surface area contributed by atoms with Crippen LogP contribution < -0.4 is 5.32 Å². The first-order valence-corrected chi connectivity index (χ1v) is 5.89. The van der Waals surface area contributed by atoms with Gasteiger partial charge in [-0.15, -0.1) is 11.8 Å². The van der Waals surface area contributed by atoms with Gasteiger partial charge in [-0.05, 0) is 32.2 Å². The molecule has 2 atom stereocenters. The van der Waals surface area contributed by atoms with Gasteiger partial charge in [0.1, 0.15) is 0 Å². The van der Waals surface area contributed by atoms with Crippen molar-refractivity contribution in [1.29, 1.82) is 0 Å². The van der Waals surface area contributed by atoms with Crippen LogP contribution in [-0.4, -0.2) is 12.6 Å². The van der Waals surface area contributed by atoms with E-state index < -0.39 is 0 Å². The van der Waals surface area contributed by atoms with Crippen molar-refractivity contribution in [3.05, 3.63) is 0 Å². The Bertz CT molecular complexity index is 175. The van der Waals surface area contributed by atoms with Crippen LogP contribution >= 0.6 is 0 Å². The third kappa shape index (κ3) is 6.05. The molecule has 0 aliphatic rings. The molecule has 0 heterocycles. The van der Waals surface area contributed by atoms with Crippen LogP contribution in [0.25, 0.3) is 0 Å². The number of hydrogen-bond acceptors (Lipinski definition) is 1. The Labute approximate surface area is 89.7 Å². The average Bonchev–Trinajstić information content (AvgIpc) is 2.22. The number of hydrogen-bond donors (Lipinski definition) is 1. The van der Waals surface area contributed by atoms with Gasteiger partial charge in [-0.2, -0.15) is 0 Å². The van der Waals surface area contributed by atoms with E-state index in [0.717, 1.165) is 18.9 Å². The smallest absolute Gasteiger partial charge is 0.0103 e. The van der Waals surface area contributed by atoms with Crippen molar-refractivity contribution in [2.24, 2.45) is 5.92 Å². The molecule has 1 N–H and O–H groups in total. The van der Waals surface area contributed by atoms with Crippen LogP contribution in [0, 0.1) is 17.8 Å². The summed E-state index contributed by atoms with van der Waals surface area (Å²) in [5.74, 6) is 6.87. The standard InChI is InChI=1S/C13H25N/c1-5-8-9-10-13(12(4)7-3)14-11-6-2/h12-14H,6-7,9-11H2,1-4H3. The lowest BCUT2D eigenvalue weighted by Crippen LogP contribution is -2.35. The predicted octanol–water partition coefficient (Wildman–Crippen LogP) is 3.20. The molecule has 0 radical (unpaired) electrons. The topological polar surface area (TPSA) is 12.0 Å². The lowest BCUT2D eigenvalue weighted by Gasteiger charge is -2.23. The van der Waals surface area contributed by atoms with E-state index in [1.165, 1.54) is 19.3 Å². The minimum absolute atomic E-state index is 0.654. The Morgan fingerprint density at radius 1 is 1.29 bits per heavy atom. The zero-order valence-electron chi connectivity index (χ0n) is 10.2. The Morgan fingerprint density at radius 2 is 2.00 bits per heavy atom. The second kappa shape index (κ2) is 9.09. The molecule has 82 valence electrons. The van der Waals surface area contributed by atoms with Crippen LogP contribution in [-0.2, 0) is 0 Å². The summed E-state index contributed by atoms with van der Waals surface area (Å²) in [5.41, 5.74) is 0. The van der Waals surface area contributed by atoms with Gasteiger partial charge >= 0.3 is 0 Å². The molecule has 0 aliphatic heterocycles. The molecule has 0 amide bonds. The summed E-state index contributed by atoms with van der Waals surface area (Å²) in [5, 5.41) is 3.61. The number of nitrogens with one attached hydrogen (secondary N) is 1. The number of rotatable bonds is 7. The molecule has 0 aromatic carbocycles. The minimum Gasteiger partial charge on any atom is -0.314 e. The molecule has 0 saturated carbocycles. The zero-order chi connectivity index (χ0) is 10.8. The van der Waals surface area contributed by atoms with Crippen molar-refractivity contribution in [1.82, 2.24) is 5.32 Å². The van der Waals surface area contributed by atoms with Crippen LogP contribution in [0.1, 0.15) is 53.4 Å². The summed E-state index contributed by atoms with van der Waals surface area (Å²) in [6, 6.07) is 0.654. The second-order valence-electron chi connectivity index (χ2n) is 3.91. The van der Waals surface area contributed by atoms with E-state index in [2.05, 4.69) is 37.9 Å². The summed E-state index contributed by atoms with van der Waals surface area (Å²) in [4.78, 5) is 0. The quantitative estimate of drug-likeness (QED) is 0.615. The van der Waals surface area contributed by atoms with Crippen LogP contribution in [0.4, 0.5) is 0 Å². The van der Waals surface area contributed by atoms with E-state index in [-0.39, 0.29) is 0 Å². The average molecular weight is 195 g/mol. The fourth-order valence-electron chi connectivity index (χ4n) is 1.55. The molecular weight excluding hydrogens is 170 g/mol. The molecule has 0 rings (SSSR count). The summed E-state index contributed by atoms with van der Waals surface area (Å²) in [7, 11) is 0. The van der Waals surface area contributed by atoms with Gasteiger partial charge in [-0.1, -0.05) is 27.2 Å². The molecule has 0 fully saturated rings. The van der Waals surface area contributed by atoms with Gasteiger partial charge in [0, 0.05) is 12.5 Å². The largest absolute Gasteiger partial charge is 0.314 e. The summed E-state index contributed by atoms with van der Waals surface area (Å²) in [6.07, 6.45) is 4.69. The van der Waals surface area contributed by atoms with Crippen LogP contribution in [0.3, 0.4) is 0 Å². The molecule has 0 aliphatic carbocycles. The maximum absolute atomic E-state index is 3.61. The first kappa shape index (κ1) is 13.5. The highest BCUT2D eigenvalue weighted by molar-refractivity contribution is 4.95. The van der Waals surface area contributed by atoms with Gasteiger partial charge < -0.3 is 5.32 Å². The van der Waals surface area contributed by atoms with Crippen LogP contribution in [0.15, 0.2) is 0 Å². The fraction of sp³-hybridized carbons (Fsp3) is 0.846. The molecule has 0 spiro atoms. The van der Waals surface area contributed by atoms with E-state index in [1.54, 1.807) is 0 Å². The molecule has 0 saturated heterocycles. The Morgan fingerprint density at radius 3 is 2.50 bits per heavy atom. The van der Waals surface area contributed by atoms with Crippen molar-refractivity contribution in [2.75, 3.05) is 6.54 Å². The van der Waals surface area contributed by atoms with Gasteiger partial charge in [0.05, 0.1) is 0 Å². The van der Waals surface area contributed by atoms with E-state index in [1.807, 2.05) is 6.92 Å². The molecular formula is C13H25N. The molecule has 2 unspecified atom stereocenters. The SMILES string of the molecule is CC#CCCC(NCCC)C(C)CC. The fourth-order valence-corrected chi connectivity index (χ4v) is 1.55. The first-order chi connectivity index (χ1) is 6.76. The van der Waals surface area contributed by atoms with E-state index in [4.69, 9.17) is 0 Å². The van der Waals surface area contributed by atoms with Crippen molar-refractivity contribution in [2.45, 2.75) is 59.4 Å². The maximum Gasteiger partial charge on any atom is 0.0103 e. The van der Waals surface area contributed by atoms with Gasteiger partial charge in [0.15, 0.2) is 0 Å². The van der Waals surface area contributed by atoms with Crippen molar-refractivity contribution < 1.29 is 0 Å². The van der Waals surface area contributed by atoms with Crippen LogP contribution in [0.2, 0.25) is 0 Å². The second-order valence-corrected chi connectivity index (χ2v) is 3.91. The molecule has 1 heteroatoms. The van der Waals surface area contributed by atoms with Gasteiger partial charge in [0.25, 0.3) is 0 Å². The van der Waals surface area contributed by atoms with Gasteiger partial charge in [-0.25, -0.2) is 0 Å². The summed E-state index contributed by atoms with van der Waals surface area (Å²) in [6.45, 7) is 9.85. The molecule has 0 aromatic heterocycles. The highest BCUT2D eigenvalue weighted by atomic mass is 14.9. The zero-order valence-corrected chi connectivity index (χ0v) is 10.2. The lowest BCUT2D eigenvalue weighted by atomic mass is 9.95. The highest BCUT2D eigenvalue weighted by Gasteiger charge is 2.13. The molecule has 0 aromatic rings. The van der Waals surface area contributed by atoms with Crippen molar-refractivity contribution in [3.63, 3.8) is 0 Å². The van der Waals surface area contributed by atoms with Crippen molar-refractivity contribution in [3.8, 4) is 11.8 Å². The van der Waals surface area contributed by atoms with E-state index in [9.17, 15) is 0 Å². The molecule has 0 bridgehead atoms. The normalized spacial score (nSPS) is 14.3. The van der Waals surface area contributed by atoms with Crippen LogP contribution in [0.5, 0.6) is 0 Å². The van der Waals surface area contributed by atoms with E-state index >= 15 is 0 Å². The minimum atomic E-state index is 0.654. The Kier molecular flexibility index (Phi) is 8.78.